The molecule has 3 rings (SSSR count). The number of sulfonamides is 1. The number of nitrogens with two attached hydrogens (primary N) is 1. The second-order valence-corrected chi connectivity index (χ2v) is 7.23. The van der Waals surface area contributed by atoms with Crippen LogP contribution in [0.1, 0.15) is 6.42 Å². The van der Waals surface area contributed by atoms with Crippen molar-refractivity contribution < 1.29 is 22.4 Å². The first-order valence-corrected chi connectivity index (χ1v) is 9.43. The highest BCUT2D eigenvalue weighted by molar-refractivity contribution is 7.89. The monoisotopic (exact) mass is 391 g/mol. The minimum atomic E-state index is -4.02. The van der Waals surface area contributed by atoms with Gasteiger partial charge in [0.15, 0.2) is 5.58 Å². The summed E-state index contributed by atoms with van der Waals surface area (Å²) < 4.78 is 34.7. The Labute approximate surface area is 154 Å². The van der Waals surface area contributed by atoms with E-state index in [2.05, 4.69) is 5.32 Å². The molecule has 1 aromatic heterocycles. The number of hydrogen-bond acceptors (Lipinski definition) is 6. The smallest absolute Gasteiger partial charge is 0.419 e. The Kier molecular flexibility index (Phi) is 5.02. The third kappa shape index (κ3) is 4.01. The molecule has 142 valence electrons. The molecule has 9 nitrogen and oxygen atoms in total. The fraction of sp³-hybridized carbons (Fsp3) is 0.176. The molecule has 0 spiro atoms. The zero-order valence-corrected chi connectivity index (χ0v) is 15.2. The Balaban J connectivity index is 1.75. The number of anilines is 1. The van der Waals surface area contributed by atoms with Gasteiger partial charge in [-0.05, 0) is 30.3 Å². The molecule has 3 N–H and O–H groups in total. The minimum absolute atomic E-state index is 0.0137. The van der Waals surface area contributed by atoms with E-state index in [1.807, 2.05) is 0 Å². The van der Waals surface area contributed by atoms with E-state index in [1.165, 1.54) is 29.9 Å². The number of para-hydroxylation sites is 2. The number of benzene rings is 2. The van der Waals surface area contributed by atoms with Gasteiger partial charge in [-0.2, -0.15) is 0 Å². The second kappa shape index (κ2) is 7.25. The van der Waals surface area contributed by atoms with E-state index < -0.39 is 21.7 Å². The van der Waals surface area contributed by atoms with Gasteiger partial charge in [0.2, 0.25) is 15.9 Å². The summed E-state index contributed by atoms with van der Waals surface area (Å²) >= 11 is 0. The van der Waals surface area contributed by atoms with Crippen LogP contribution in [0.25, 0.3) is 11.1 Å². The van der Waals surface area contributed by atoms with Gasteiger partial charge in [0.25, 0.3) is 0 Å². The van der Waals surface area contributed by atoms with E-state index >= 15 is 0 Å². The zero-order valence-electron chi connectivity index (χ0n) is 14.3. The number of aromatic nitrogens is 1. The number of primary sulfonamides is 1. The van der Waals surface area contributed by atoms with Gasteiger partial charge in [-0.25, -0.2) is 18.4 Å². The normalized spacial score (nSPS) is 11.5. The van der Waals surface area contributed by atoms with Gasteiger partial charge >= 0.3 is 5.76 Å². The predicted octanol–water partition coefficient (Wildman–Crippen LogP) is 1.28. The Morgan fingerprint density at radius 1 is 1.26 bits per heavy atom. The molecule has 1 heterocycles. The number of methoxy groups -OCH3 is 1. The molecule has 27 heavy (non-hydrogen) atoms. The zero-order chi connectivity index (χ0) is 19.6. The Hall–Kier alpha value is -3.11. The van der Waals surface area contributed by atoms with E-state index in [9.17, 15) is 18.0 Å². The molecule has 0 aliphatic rings. The van der Waals surface area contributed by atoms with Gasteiger partial charge < -0.3 is 14.5 Å². The lowest BCUT2D eigenvalue weighted by Gasteiger charge is -2.10. The average Bonchev–Trinajstić information content (AvgIpc) is 2.94. The first-order valence-electron chi connectivity index (χ1n) is 7.88. The second-order valence-electron chi connectivity index (χ2n) is 5.70. The van der Waals surface area contributed by atoms with Crippen molar-refractivity contribution in [1.82, 2.24) is 4.57 Å². The molecule has 0 aliphatic carbocycles. The summed E-state index contributed by atoms with van der Waals surface area (Å²) in [4.78, 5) is 23.9. The minimum Gasteiger partial charge on any atom is -0.495 e. The van der Waals surface area contributed by atoms with Crippen molar-refractivity contribution in [3.8, 4) is 5.75 Å². The molecule has 0 saturated carbocycles. The SMILES string of the molecule is COc1ccc(NC(=O)CCn2c(=O)oc3ccccc32)cc1S(N)(=O)=O. The van der Waals surface area contributed by atoms with Crippen LogP contribution in [0.15, 0.2) is 56.6 Å². The third-order valence-corrected chi connectivity index (χ3v) is 4.82. The number of nitrogens with zero attached hydrogens (tertiary/aromatic N) is 1. The first-order chi connectivity index (χ1) is 12.8. The number of hydrogen-bond donors (Lipinski definition) is 2. The maximum atomic E-state index is 12.2. The summed E-state index contributed by atoms with van der Waals surface area (Å²) in [7, 11) is -2.70. The number of rotatable bonds is 6. The molecule has 0 atom stereocenters. The number of carbonyl (C=O) groups excluding carboxylic acids is 1. The lowest BCUT2D eigenvalue weighted by atomic mass is 10.2. The Bertz CT molecular complexity index is 1160. The largest absolute Gasteiger partial charge is 0.495 e. The highest BCUT2D eigenvalue weighted by Crippen LogP contribution is 2.26. The first kappa shape index (κ1) is 18.7. The van der Waals surface area contributed by atoms with Crippen molar-refractivity contribution in [1.29, 1.82) is 0 Å². The summed E-state index contributed by atoms with van der Waals surface area (Å²) in [6, 6.07) is 11.0. The molecule has 0 unspecified atom stereocenters. The van der Waals surface area contributed by atoms with Crippen LogP contribution in [0.5, 0.6) is 5.75 Å². The number of aryl methyl sites for hydroxylation is 1. The van der Waals surface area contributed by atoms with Crippen LogP contribution in [0.2, 0.25) is 0 Å². The lowest BCUT2D eigenvalue weighted by Crippen LogP contribution is -2.20. The maximum absolute atomic E-state index is 12.2. The van der Waals surface area contributed by atoms with Crippen LogP contribution in [0.3, 0.4) is 0 Å². The number of carbonyl (C=O) groups is 1. The van der Waals surface area contributed by atoms with Gasteiger partial charge in [0, 0.05) is 18.7 Å². The van der Waals surface area contributed by atoms with E-state index in [0.717, 1.165) is 0 Å². The molecule has 1 amide bonds. The fourth-order valence-corrected chi connectivity index (χ4v) is 3.36. The highest BCUT2D eigenvalue weighted by Gasteiger charge is 2.17. The number of nitrogens with one attached hydrogen (secondary N) is 1. The van der Waals surface area contributed by atoms with E-state index in [-0.39, 0.29) is 29.3 Å². The van der Waals surface area contributed by atoms with Crippen molar-refractivity contribution in [3.05, 3.63) is 53.0 Å². The van der Waals surface area contributed by atoms with Crippen LogP contribution in [0.4, 0.5) is 5.69 Å². The molecule has 0 fully saturated rings. The molecule has 2 aromatic carbocycles. The summed E-state index contributed by atoms with van der Waals surface area (Å²) in [6.45, 7) is 0.111. The molecule has 10 heteroatoms. The molecular weight excluding hydrogens is 374 g/mol. The molecule has 0 radical (unpaired) electrons. The Morgan fingerprint density at radius 2 is 2.00 bits per heavy atom. The van der Waals surface area contributed by atoms with Crippen molar-refractivity contribution in [2.45, 2.75) is 17.9 Å². The van der Waals surface area contributed by atoms with Crippen LogP contribution in [-0.2, 0) is 21.4 Å². The summed E-state index contributed by atoms with van der Waals surface area (Å²) in [5, 5.41) is 7.73. The predicted molar refractivity (Wildman–Crippen MR) is 98.1 cm³/mol. The van der Waals surface area contributed by atoms with Crippen LogP contribution in [-0.4, -0.2) is 26.0 Å². The number of amides is 1. The van der Waals surface area contributed by atoms with Gasteiger partial charge in [-0.1, -0.05) is 12.1 Å². The molecule has 0 saturated heterocycles. The molecule has 0 aliphatic heterocycles. The van der Waals surface area contributed by atoms with Crippen molar-refractivity contribution >= 4 is 32.7 Å². The maximum Gasteiger partial charge on any atom is 0.419 e. The van der Waals surface area contributed by atoms with Crippen molar-refractivity contribution in [3.63, 3.8) is 0 Å². The van der Waals surface area contributed by atoms with Gasteiger partial charge in [-0.15, -0.1) is 0 Å². The quantitative estimate of drug-likeness (QED) is 0.650. The Morgan fingerprint density at radius 3 is 2.70 bits per heavy atom. The molecule has 0 bridgehead atoms. The molecule has 3 aromatic rings. The highest BCUT2D eigenvalue weighted by atomic mass is 32.2. The van der Waals surface area contributed by atoms with Crippen molar-refractivity contribution in [2.24, 2.45) is 5.14 Å². The molecular formula is C17H17N3O6S. The van der Waals surface area contributed by atoms with Crippen LogP contribution in [0, 0.1) is 0 Å². The topological polar surface area (TPSA) is 134 Å². The van der Waals surface area contributed by atoms with Crippen LogP contribution < -0.4 is 20.9 Å². The van der Waals surface area contributed by atoms with E-state index in [0.29, 0.717) is 11.1 Å². The van der Waals surface area contributed by atoms with Gasteiger partial charge in [0.05, 0.1) is 12.6 Å². The number of fused-ring (bicyclic) bond motifs is 1. The van der Waals surface area contributed by atoms with E-state index in [1.54, 1.807) is 24.3 Å². The number of ether oxygens (including phenoxy) is 1. The summed E-state index contributed by atoms with van der Waals surface area (Å²) in [6.07, 6.45) is -0.0137. The summed E-state index contributed by atoms with van der Waals surface area (Å²) in [5.74, 6) is -0.880. The fourth-order valence-electron chi connectivity index (χ4n) is 2.64. The van der Waals surface area contributed by atoms with Crippen LogP contribution >= 0.6 is 0 Å². The van der Waals surface area contributed by atoms with Gasteiger partial charge in [-0.3, -0.25) is 9.36 Å². The number of oxazole rings is 1. The average molecular weight is 391 g/mol. The van der Waals surface area contributed by atoms with Crippen molar-refractivity contribution in [2.75, 3.05) is 12.4 Å². The van der Waals surface area contributed by atoms with Gasteiger partial charge in [0.1, 0.15) is 10.6 Å². The third-order valence-electron chi connectivity index (χ3n) is 3.89. The lowest BCUT2D eigenvalue weighted by molar-refractivity contribution is -0.116. The standard InChI is InChI=1S/C17H17N3O6S/c1-25-14-7-6-11(10-15(14)27(18,23)24)19-16(21)8-9-20-12-4-2-3-5-13(12)26-17(20)22/h2-7,10H,8-9H2,1H3,(H,19,21)(H2,18,23,24). The van der Waals surface area contributed by atoms with E-state index in [4.69, 9.17) is 14.3 Å². The summed E-state index contributed by atoms with van der Waals surface area (Å²) in [5.41, 5.74) is 1.28.